The molecule has 2 aliphatic heterocycles. The maximum absolute atomic E-state index is 15.7. The number of piperazine rings is 1. The van der Waals surface area contributed by atoms with Crippen LogP contribution in [0.5, 0.6) is 0 Å². The fourth-order valence-electron chi connectivity index (χ4n) is 10.2. The highest BCUT2D eigenvalue weighted by Crippen LogP contribution is 2.46. The van der Waals surface area contributed by atoms with Crippen LogP contribution in [-0.4, -0.2) is 109 Å². The number of hydrogen-bond donors (Lipinski definition) is 3. The van der Waals surface area contributed by atoms with E-state index in [1.165, 1.54) is 12.1 Å². The Bertz CT molecular complexity index is 3010. The highest BCUT2D eigenvalue weighted by Gasteiger charge is 2.41. The number of aromatic nitrogens is 1. The van der Waals surface area contributed by atoms with Crippen LogP contribution in [-0.2, 0) is 14.1 Å². The van der Waals surface area contributed by atoms with Crippen molar-refractivity contribution in [2.45, 2.75) is 79.4 Å². The van der Waals surface area contributed by atoms with E-state index >= 15 is 4.39 Å². The number of carbonyl (C=O) groups is 2. The molecule has 2 aliphatic rings. The van der Waals surface area contributed by atoms with Crippen molar-refractivity contribution in [2.75, 3.05) is 90.4 Å². The normalized spacial score (nSPS) is 15.4. The first-order valence-corrected chi connectivity index (χ1v) is 31.1. The Morgan fingerprint density at radius 2 is 1.53 bits per heavy atom. The molecule has 416 valence electrons. The second kappa shape index (κ2) is 27.4. The zero-order valence-corrected chi connectivity index (χ0v) is 48.3. The van der Waals surface area contributed by atoms with Gasteiger partial charge in [-0.2, -0.15) is 13.2 Å². The third kappa shape index (κ3) is 15.4. The second-order valence-corrected chi connectivity index (χ2v) is 24.3. The minimum Gasteiger partial charge on any atom is -0.465 e. The van der Waals surface area contributed by atoms with Crippen LogP contribution < -0.4 is 19.8 Å². The molecule has 2 fully saturated rings. The van der Waals surface area contributed by atoms with E-state index in [0.717, 1.165) is 66.9 Å². The van der Waals surface area contributed by atoms with E-state index in [0.29, 0.717) is 87.2 Å². The largest absolute Gasteiger partial charge is 0.465 e. The number of esters is 1. The van der Waals surface area contributed by atoms with E-state index in [4.69, 9.17) is 21.2 Å². The molecule has 3 N–H and O–H groups in total. The van der Waals surface area contributed by atoms with Crippen LogP contribution in [0.3, 0.4) is 0 Å². The van der Waals surface area contributed by atoms with Crippen molar-refractivity contribution in [3.05, 3.63) is 137 Å². The topological polar surface area (TPSA) is 119 Å². The Labute approximate surface area is 473 Å². The summed E-state index contributed by atoms with van der Waals surface area (Å²) in [5, 5.41) is 3.96. The maximum Gasteiger partial charge on any atom is 0.454 e. The molecule has 8 rings (SSSR count). The summed E-state index contributed by atoms with van der Waals surface area (Å²) in [6, 6.07) is 35.0. The summed E-state index contributed by atoms with van der Waals surface area (Å²) in [4.78, 5) is 44.0. The van der Waals surface area contributed by atoms with Crippen LogP contribution in [0.2, 0.25) is 5.02 Å². The summed E-state index contributed by atoms with van der Waals surface area (Å²) in [6.45, 7) is 11.2. The van der Waals surface area contributed by atoms with Gasteiger partial charge in [0.15, 0.2) is 8.03 Å². The number of thioether (sulfide) groups is 2. The molecule has 20 heteroatoms. The quantitative estimate of drug-likeness (QED) is 0.0108. The van der Waals surface area contributed by atoms with Crippen LogP contribution >= 0.6 is 55.1 Å². The third-order valence-corrected chi connectivity index (χ3v) is 18.1. The summed E-state index contributed by atoms with van der Waals surface area (Å²) in [7, 11) is -2.60. The molecular weight excluding hydrogens is 1100 g/mol. The van der Waals surface area contributed by atoms with Crippen LogP contribution in [0, 0.1) is 18.7 Å². The van der Waals surface area contributed by atoms with Gasteiger partial charge in [-0.3, -0.25) is 14.2 Å². The lowest BCUT2D eigenvalue weighted by Crippen LogP contribution is -2.46. The number of anilines is 4. The van der Waals surface area contributed by atoms with Crippen molar-refractivity contribution < 1.29 is 41.3 Å². The summed E-state index contributed by atoms with van der Waals surface area (Å²) >= 11 is 10.7. The molecule has 2 saturated heterocycles. The number of alkyl halides is 3. The first-order valence-electron chi connectivity index (χ1n) is 26.1. The average molecular weight is 1170 g/mol. The number of ether oxygens (including phenoxy) is 1. The van der Waals surface area contributed by atoms with Crippen molar-refractivity contribution in [1.29, 1.82) is 0 Å². The number of ketones is 1. The summed E-state index contributed by atoms with van der Waals surface area (Å²) in [5.74, 6) is -2.29. The van der Waals surface area contributed by atoms with Gasteiger partial charge in [-0.1, -0.05) is 41.9 Å². The fraction of sp³-hybridized carbons (Fsp3) is 0.379. The second-order valence-electron chi connectivity index (χ2n) is 19.8. The molecule has 6 aromatic rings. The number of Topliss-reactive ketones (excluding diaryl/α,β-unsaturated/α-hetero) is 1. The Morgan fingerprint density at radius 3 is 2.17 bits per heavy atom. The molecule has 0 aliphatic carbocycles. The molecule has 78 heavy (non-hydrogen) atoms. The van der Waals surface area contributed by atoms with E-state index in [9.17, 15) is 27.3 Å². The molecule has 0 bridgehead atoms. The van der Waals surface area contributed by atoms with Gasteiger partial charge in [0, 0.05) is 110 Å². The number of carbonyl (C=O) groups excluding carboxylic acids is 2. The number of hydrogen-bond acceptors (Lipinski definition) is 12. The number of likely N-dealkylation sites (tertiary alicyclic amines) is 1. The standard InChI is InChI=1S/C58H66ClF4N6O5PS3/c1-38(2)69-39(3)55(76-4)53(54(69)40-11-13-43(59)14-12-40)42-33-44(60)35-48(34-42)68-29-27-67(28-30-68)47-17-15-45(16-18-47)65-78-50-19-20-52(51(36-50)56(70)58(61,62)63)64-46(37-77-49-9-6-5-7-10-49)23-26-66-24-21-41(22-25-66)57(71)74-31-8-32-75(72)73/h5-7,9-20,33-36,38,41,46,64-65,75H,8,21-32,37H2,1-4H3,(H,72,73)/t46-/m1/s1. The molecule has 1 unspecified atom stereocenters. The van der Waals surface area contributed by atoms with Crippen molar-refractivity contribution in [3.63, 3.8) is 0 Å². The van der Waals surface area contributed by atoms with Gasteiger partial charge in [0.05, 0.1) is 23.8 Å². The van der Waals surface area contributed by atoms with Crippen LogP contribution in [0.4, 0.5) is 40.3 Å². The number of benzene rings is 5. The molecule has 0 radical (unpaired) electrons. The van der Waals surface area contributed by atoms with Gasteiger partial charge in [0.25, 0.3) is 5.78 Å². The first-order chi connectivity index (χ1) is 37.4. The van der Waals surface area contributed by atoms with E-state index in [2.05, 4.69) is 62.4 Å². The number of piperidine rings is 1. The smallest absolute Gasteiger partial charge is 0.454 e. The zero-order chi connectivity index (χ0) is 55.5. The van der Waals surface area contributed by atoms with Crippen molar-refractivity contribution in [1.82, 2.24) is 9.47 Å². The minimum absolute atomic E-state index is 0.0972. The molecule has 1 aromatic heterocycles. The van der Waals surface area contributed by atoms with Gasteiger partial charge in [-0.25, -0.2) is 4.39 Å². The molecule has 0 spiro atoms. The minimum atomic E-state index is -5.10. The fourth-order valence-corrected chi connectivity index (χ4v) is 13.2. The van der Waals surface area contributed by atoms with Crippen molar-refractivity contribution >= 4 is 89.6 Å². The lowest BCUT2D eigenvalue weighted by atomic mass is 9.96. The van der Waals surface area contributed by atoms with E-state index in [1.54, 1.807) is 41.7 Å². The average Bonchev–Trinajstić information content (AvgIpc) is 3.84. The SMILES string of the molecule is CSc1c(-c2cc(F)cc(N3CCN(c4ccc(NSc5ccc(N[C@H](CCN6CCC(C(=O)OCCC[PH](=O)O)CC6)CSc6ccccc6)c(C(=O)C(F)(F)F)c5)cc4)CC3)c2)c(-c2ccc(Cl)cc2)n(C(C)C)c1C. The Balaban J connectivity index is 0.898. The van der Waals surface area contributed by atoms with Crippen LogP contribution in [0.1, 0.15) is 61.6 Å². The number of rotatable bonds is 23. The molecule has 2 atom stereocenters. The Morgan fingerprint density at radius 1 is 0.846 bits per heavy atom. The number of nitrogens with zero attached hydrogens (tertiary/aromatic N) is 4. The highest BCUT2D eigenvalue weighted by molar-refractivity contribution is 8.00. The maximum atomic E-state index is 15.7. The number of nitrogens with one attached hydrogen (secondary N) is 2. The Kier molecular flexibility index (Phi) is 20.7. The lowest BCUT2D eigenvalue weighted by molar-refractivity contribution is -0.150. The monoisotopic (exact) mass is 1160 g/mol. The predicted octanol–water partition coefficient (Wildman–Crippen LogP) is 14.5. The van der Waals surface area contributed by atoms with E-state index in [-0.39, 0.29) is 48.2 Å². The first kappa shape index (κ1) is 59.1. The van der Waals surface area contributed by atoms with Crippen LogP contribution in [0.25, 0.3) is 22.4 Å². The molecule has 0 amide bonds. The predicted molar refractivity (Wildman–Crippen MR) is 314 cm³/mol. The van der Waals surface area contributed by atoms with Crippen LogP contribution in [0.15, 0.2) is 130 Å². The van der Waals surface area contributed by atoms with Gasteiger partial charge in [0.1, 0.15) is 5.82 Å². The van der Waals surface area contributed by atoms with Gasteiger partial charge < -0.3 is 38.9 Å². The molecular formula is C58H66ClF4N6O5PS3. The van der Waals surface area contributed by atoms with Crippen molar-refractivity contribution in [2.24, 2.45) is 5.92 Å². The van der Waals surface area contributed by atoms with Gasteiger partial charge in [-0.15, -0.1) is 23.5 Å². The number of halogens is 5. The van der Waals surface area contributed by atoms with E-state index in [1.807, 2.05) is 78.9 Å². The third-order valence-electron chi connectivity index (χ3n) is 14.1. The molecule has 0 saturated carbocycles. The van der Waals surface area contributed by atoms with Crippen molar-refractivity contribution in [3.8, 4) is 22.4 Å². The van der Waals surface area contributed by atoms with Gasteiger partial charge in [0.2, 0.25) is 0 Å². The summed E-state index contributed by atoms with van der Waals surface area (Å²) in [6.07, 6.45) is -0.841. The summed E-state index contributed by atoms with van der Waals surface area (Å²) < 4.78 is 80.4. The van der Waals surface area contributed by atoms with E-state index < -0.39 is 25.6 Å². The summed E-state index contributed by atoms with van der Waals surface area (Å²) in [5.41, 5.74) is 7.15. The lowest BCUT2D eigenvalue weighted by Gasteiger charge is -2.37. The van der Waals surface area contributed by atoms with Gasteiger partial charge in [-0.05, 0) is 174 Å². The Hall–Kier alpha value is -5.07. The zero-order valence-electron chi connectivity index (χ0n) is 44.1. The van der Waals surface area contributed by atoms with Gasteiger partial charge >= 0.3 is 12.1 Å². The molecule has 5 aromatic carbocycles. The molecule has 3 heterocycles. The highest BCUT2D eigenvalue weighted by atomic mass is 35.5. The molecule has 11 nitrogen and oxygen atoms in total.